The van der Waals surface area contributed by atoms with Crippen molar-refractivity contribution < 1.29 is 4.79 Å². The van der Waals surface area contributed by atoms with E-state index in [0.717, 1.165) is 19.5 Å². The van der Waals surface area contributed by atoms with Gasteiger partial charge in [-0.1, -0.05) is 0 Å². The Bertz CT molecular complexity index is 368. The summed E-state index contributed by atoms with van der Waals surface area (Å²) in [6.07, 6.45) is 5.96. The number of nitrogens with zero attached hydrogens (tertiary/aromatic N) is 3. The van der Waals surface area contributed by atoms with E-state index < -0.39 is 0 Å². The first kappa shape index (κ1) is 19.1. The van der Waals surface area contributed by atoms with Crippen LogP contribution in [0.4, 0.5) is 0 Å². The van der Waals surface area contributed by atoms with Crippen LogP contribution in [-0.4, -0.2) is 39.8 Å². The molecule has 0 bridgehead atoms. The Morgan fingerprint density at radius 2 is 2.35 bits per heavy atom. The molecule has 1 saturated heterocycles. The van der Waals surface area contributed by atoms with Crippen LogP contribution in [0.2, 0.25) is 0 Å². The third-order valence-electron chi connectivity index (χ3n) is 3.28. The fourth-order valence-corrected chi connectivity index (χ4v) is 2.30. The van der Waals surface area contributed by atoms with Crippen LogP contribution in [0.5, 0.6) is 0 Å². The number of halogens is 2. The molecule has 0 aromatic carbocycles. The van der Waals surface area contributed by atoms with Crippen molar-refractivity contribution in [3.05, 3.63) is 12.7 Å². The van der Waals surface area contributed by atoms with Gasteiger partial charge in [0.05, 0.1) is 6.54 Å². The number of hydrogen-bond acceptors (Lipinski definition) is 4. The maximum Gasteiger partial charge on any atom is 0.220 e. The minimum absolute atomic E-state index is 0. The van der Waals surface area contributed by atoms with Crippen molar-refractivity contribution in [2.75, 3.05) is 13.1 Å². The van der Waals surface area contributed by atoms with E-state index in [9.17, 15) is 4.79 Å². The second-order valence-electron chi connectivity index (χ2n) is 4.98. The van der Waals surface area contributed by atoms with Crippen LogP contribution < -0.4 is 10.6 Å². The van der Waals surface area contributed by atoms with E-state index in [1.165, 1.54) is 12.7 Å². The molecule has 2 atom stereocenters. The zero-order valence-corrected chi connectivity index (χ0v) is 13.3. The molecule has 1 aliphatic rings. The molecular weight excluding hydrogens is 301 g/mol. The van der Waals surface area contributed by atoms with Crippen molar-refractivity contribution in [1.82, 2.24) is 25.4 Å². The molecule has 2 unspecified atom stereocenters. The first-order valence-electron chi connectivity index (χ1n) is 6.56. The quantitative estimate of drug-likeness (QED) is 0.819. The summed E-state index contributed by atoms with van der Waals surface area (Å²) in [5, 5.41) is 10.3. The second kappa shape index (κ2) is 9.96. The van der Waals surface area contributed by atoms with E-state index in [0.29, 0.717) is 18.9 Å². The molecule has 1 aliphatic heterocycles. The van der Waals surface area contributed by atoms with Crippen LogP contribution in [0.15, 0.2) is 12.7 Å². The van der Waals surface area contributed by atoms with E-state index in [4.69, 9.17) is 0 Å². The van der Waals surface area contributed by atoms with Gasteiger partial charge in [-0.05, 0) is 38.8 Å². The van der Waals surface area contributed by atoms with Gasteiger partial charge in [0.25, 0.3) is 0 Å². The van der Waals surface area contributed by atoms with Crippen LogP contribution in [0.25, 0.3) is 0 Å². The molecule has 1 aromatic heterocycles. The highest BCUT2D eigenvalue weighted by molar-refractivity contribution is 5.85. The van der Waals surface area contributed by atoms with Crippen molar-refractivity contribution in [3.8, 4) is 0 Å². The van der Waals surface area contributed by atoms with Gasteiger partial charge in [0.2, 0.25) is 5.91 Å². The number of carbonyl (C=O) groups is 1. The van der Waals surface area contributed by atoms with E-state index in [1.54, 1.807) is 11.0 Å². The zero-order chi connectivity index (χ0) is 12.8. The second-order valence-corrected chi connectivity index (χ2v) is 4.98. The molecule has 20 heavy (non-hydrogen) atoms. The summed E-state index contributed by atoms with van der Waals surface area (Å²) < 4.78 is 1.73. The number of aromatic nitrogens is 3. The molecule has 0 saturated carbocycles. The normalized spacial score (nSPS) is 18.8. The molecule has 6 nitrogen and oxygen atoms in total. The van der Waals surface area contributed by atoms with Crippen molar-refractivity contribution in [3.63, 3.8) is 0 Å². The molecule has 8 heteroatoms. The molecule has 2 heterocycles. The van der Waals surface area contributed by atoms with Gasteiger partial charge in [0.1, 0.15) is 12.7 Å². The molecule has 116 valence electrons. The van der Waals surface area contributed by atoms with Gasteiger partial charge in [-0.15, -0.1) is 24.8 Å². The van der Waals surface area contributed by atoms with E-state index in [2.05, 4.69) is 20.7 Å². The van der Waals surface area contributed by atoms with Crippen molar-refractivity contribution in [2.24, 2.45) is 5.92 Å². The average Bonchev–Trinajstić information content (AvgIpc) is 2.98. The fraction of sp³-hybridized carbons (Fsp3) is 0.750. The standard InChI is InChI=1S/C12H21N5O.2ClH/c1-10(7-17-9-14-8-15-17)16-12(18)3-2-11-4-5-13-6-11;;/h8-11,13H,2-7H2,1H3,(H,16,18);2*1H. The highest BCUT2D eigenvalue weighted by atomic mass is 35.5. The lowest BCUT2D eigenvalue weighted by Crippen LogP contribution is -2.35. The van der Waals surface area contributed by atoms with Crippen LogP contribution >= 0.6 is 24.8 Å². The SMILES string of the molecule is CC(Cn1cncn1)NC(=O)CCC1CCNC1.Cl.Cl. The maximum atomic E-state index is 11.8. The van der Waals surface area contributed by atoms with Crippen molar-refractivity contribution >= 4 is 30.7 Å². The fourth-order valence-electron chi connectivity index (χ4n) is 2.30. The summed E-state index contributed by atoms with van der Waals surface area (Å²) in [7, 11) is 0. The minimum atomic E-state index is 0. The molecule has 0 aliphatic carbocycles. The van der Waals surface area contributed by atoms with Crippen LogP contribution in [0.1, 0.15) is 26.2 Å². The predicted octanol–water partition coefficient (Wildman–Crippen LogP) is 1.02. The largest absolute Gasteiger partial charge is 0.352 e. The first-order valence-corrected chi connectivity index (χ1v) is 6.56. The number of amides is 1. The molecule has 2 rings (SSSR count). The van der Waals surface area contributed by atoms with Crippen molar-refractivity contribution in [2.45, 2.75) is 38.8 Å². The lowest BCUT2D eigenvalue weighted by atomic mass is 10.0. The number of carbonyl (C=O) groups excluding carboxylic acids is 1. The summed E-state index contributed by atoms with van der Waals surface area (Å²) in [6.45, 7) is 4.80. The monoisotopic (exact) mass is 323 g/mol. The topological polar surface area (TPSA) is 71.8 Å². The summed E-state index contributed by atoms with van der Waals surface area (Å²) >= 11 is 0. The molecule has 0 spiro atoms. The molecule has 0 radical (unpaired) electrons. The Labute approximate surface area is 131 Å². The molecule has 1 aromatic rings. The Balaban J connectivity index is 0.00000180. The number of nitrogens with one attached hydrogen (secondary N) is 2. The Kier molecular flexibility index (Phi) is 9.54. The molecule has 1 amide bonds. The van der Waals surface area contributed by atoms with E-state index >= 15 is 0 Å². The van der Waals surface area contributed by atoms with Gasteiger partial charge in [-0.3, -0.25) is 9.48 Å². The highest BCUT2D eigenvalue weighted by Gasteiger charge is 2.16. The lowest BCUT2D eigenvalue weighted by molar-refractivity contribution is -0.122. The highest BCUT2D eigenvalue weighted by Crippen LogP contribution is 2.13. The number of rotatable bonds is 6. The Hall–Kier alpha value is -0.850. The number of hydrogen-bond donors (Lipinski definition) is 2. The van der Waals surface area contributed by atoms with Crippen LogP contribution in [0.3, 0.4) is 0 Å². The Morgan fingerprint density at radius 3 is 2.95 bits per heavy atom. The van der Waals surface area contributed by atoms with Gasteiger partial charge in [-0.2, -0.15) is 5.10 Å². The predicted molar refractivity (Wildman–Crippen MR) is 82.3 cm³/mol. The average molecular weight is 324 g/mol. The van der Waals surface area contributed by atoms with Crippen molar-refractivity contribution in [1.29, 1.82) is 0 Å². The van der Waals surface area contributed by atoms with Gasteiger partial charge >= 0.3 is 0 Å². The van der Waals surface area contributed by atoms with Crippen LogP contribution in [-0.2, 0) is 11.3 Å². The lowest BCUT2D eigenvalue weighted by Gasteiger charge is -2.14. The summed E-state index contributed by atoms with van der Waals surface area (Å²) in [6, 6.07) is 0.0842. The molecule has 2 N–H and O–H groups in total. The summed E-state index contributed by atoms with van der Waals surface area (Å²) in [5.41, 5.74) is 0. The van der Waals surface area contributed by atoms with E-state index in [-0.39, 0.29) is 36.8 Å². The van der Waals surface area contributed by atoms with E-state index in [1.807, 2.05) is 6.92 Å². The zero-order valence-electron chi connectivity index (χ0n) is 11.6. The first-order chi connectivity index (χ1) is 8.74. The minimum Gasteiger partial charge on any atom is -0.352 e. The van der Waals surface area contributed by atoms with Gasteiger partial charge in [-0.25, -0.2) is 4.98 Å². The molecule has 1 fully saturated rings. The van der Waals surface area contributed by atoms with Gasteiger partial charge in [0, 0.05) is 12.5 Å². The Morgan fingerprint density at radius 1 is 1.55 bits per heavy atom. The molecular formula is C12H23Cl2N5O. The third kappa shape index (κ3) is 6.54. The summed E-state index contributed by atoms with van der Waals surface area (Å²) in [4.78, 5) is 15.6. The van der Waals surface area contributed by atoms with Gasteiger partial charge in [0.15, 0.2) is 0 Å². The summed E-state index contributed by atoms with van der Waals surface area (Å²) in [5.74, 6) is 0.802. The maximum absolute atomic E-state index is 11.8. The third-order valence-corrected chi connectivity index (χ3v) is 3.28. The van der Waals surface area contributed by atoms with Crippen LogP contribution in [0, 0.1) is 5.92 Å². The van der Waals surface area contributed by atoms with Gasteiger partial charge < -0.3 is 10.6 Å². The smallest absolute Gasteiger partial charge is 0.220 e.